The van der Waals surface area contributed by atoms with E-state index in [0.29, 0.717) is 5.92 Å². The molecule has 0 aromatic heterocycles. The average molecular weight is 347 g/mol. The van der Waals surface area contributed by atoms with E-state index >= 15 is 0 Å². The second-order valence-electron chi connectivity index (χ2n) is 6.19. The monoisotopic (exact) mass is 346 g/mol. The summed E-state index contributed by atoms with van der Waals surface area (Å²) >= 11 is 6.30. The van der Waals surface area contributed by atoms with Crippen molar-refractivity contribution in [3.63, 3.8) is 0 Å². The molecule has 0 radical (unpaired) electrons. The number of hydrogen-bond donors (Lipinski definition) is 3. The Hall–Kier alpha value is -1.33. The standard InChI is InChI=1S/C17H21ClN4.C2H6/c1-11-20-21-16-10-19-17(12-5-3-2-4-6-12)14-9-13(18)7-8-15(14)22(11)16;1-2/h2-5,7-9,11-12,16-17,19-21H,6,10H2,1H3;1-2H3. The Balaban J connectivity index is 0.000000815. The van der Waals surface area contributed by atoms with Gasteiger partial charge in [0.05, 0.1) is 6.17 Å². The first-order valence-electron chi connectivity index (χ1n) is 8.89. The summed E-state index contributed by atoms with van der Waals surface area (Å²) < 4.78 is 0. The van der Waals surface area contributed by atoms with Crippen LogP contribution in [0.2, 0.25) is 5.02 Å². The highest BCUT2D eigenvalue weighted by Gasteiger charge is 2.37. The molecule has 1 aromatic rings. The Labute approximate surface area is 149 Å². The molecular weight excluding hydrogens is 320 g/mol. The van der Waals surface area contributed by atoms with Gasteiger partial charge < -0.3 is 10.2 Å². The van der Waals surface area contributed by atoms with Gasteiger partial charge >= 0.3 is 0 Å². The number of fused-ring (bicyclic) bond motifs is 3. The van der Waals surface area contributed by atoms with Crippen LogP contribution in [0.25, 0.3) is 0 Å². The Morgan fingerprint density at radius 1 is 1.17 bits per heavy atom. The fourth-order valence-electron chi connectivity index (χ4n) is 3.74. The molecule has 130 valence electrons. The van der Waals surface area contributed by atoms with Crippen molar-refractivity contribution in [2.75, 3.05) is 11.4 Å². The zero-order valence-electron chi connectivity index (χ0n) is 14.6. The molecule has 4 unspecified atom stereocenters. The summed E-state index contributed by atoms with van der Waals surface area (Å²) in [6.45, 7) is 7.07. The Morgan fingerprint density at radius 2 is 2.00 bits per heavy atom. The van der Waals surface area contributed by atoms with Crippen LogP contribution in [0.4, 0.5) is 5.69 Å². The van der Waals surface area contributed by atoms with Crippen LogP contribution in [0.5, 0.6) is 0 Å². The number of anilines is 1. The first-order chi connectivity index (χ1) is 11.7. The Kier molecular flexibility index (Phi) is 5.61. The second-order valence-corrected chi connectivity index (χ2v) is 6.63. The molecular formula is C19H27ClN4. The van der Waals surface area contributed by atoms with Crippen molar-refractivity contribution in [1.29, 1.82) is 0 Å². The summed E-state index contributed by atoms with van der Waals surface area (Å²) in [5.74, 6) is 0.463. The molecule has 24 heavy (non-hydrogen) atoms. The minimum absolute atomic E-state index is 0.253. The molecule has 5 heteroatoms. The van der Waals surface area contributed by atoms with Crippen molar-refractivity contribution in [3.8, 4) is 0 Å². The third-order valence-electron chi connectivity index (χ3n) is 4.79. The fourth-order valence-corrected chi connectivity index (χ4v) is 3.92. The maximum absolute atomic E-state index is 6.30. The smallest absolute Gasteiger partial charge is 0.106 e. The van der Waals surface area contributed by atoms with Gasteiger partial charge in [-0.3, -0.25) is 0 Å². The molecule has 1 aromatic carbocycles. The van der Waals surface area contributed by atoms with Gasteiger partial charge in [-0.1, -0.05) is 49.8 Å². The molecule has 0 bridgehead atoms. The van der Waals surface area contributed by atoms with Gasteiger partial charge in [-0.05, 0) is 37.1 Å². The maximum Gasteiger partial charge on any atom is 0.106 e. The zero-order valence-corrected chi connectivity index (χ0v) is 15.3. The molecule has 0 amide bonds. The van der Waals surface area contributed by atoms with Crippen molar-refractivity contribution in [1.82, 2.24) is 16.2 Å². The molecule has 0 spiro atoms. The molecule has 4 rings (SSSR count). The van der Waals surface area contributed by atoms with Crippen molar-refractivity contribution in [2.45, 2.75) is 45.6 Å². The number of nitrogens with one attached hydrogen (secondary N) is 3. The summed E-state index contributed by atoms with van der Waals surface area (Å²) in [7, 11) is 0. The van der Waals surface area contributed by atoms with Gasteiger partial charge in [-0.25, -0.2) is 10.9 Å². The Bertz CT molecular complexity index is 628. The highest BCUT2D eigenvalue weighted by atomic mass is 35.5. The lowest BCUT2D eigenvalue weighted by atomic mass is 9.87. The molecule has 1 fully saturated rings. The number of nitrogens with zero attached hydrogens (tertiary/aromatic N) is 1. The summed E-state index contributed by atoms with van der Waals surface area (Å²) in [6.07, 6.45) is 10.4. The molecule has 2 aliphatic heterocycles. The summed E-state index contributed by atoms with van der Waals surface area (Å²) in [5, 5.41) is 4.54. The summed E-state index contributed by atoms with van der Waals surface area (Å²) in [4.78, 5) is 2.40. The van der Waals surface area contributed by atoms with Crippen molar-refractivity contribution in [2.24, 2.45) is 5.92 Å². The maximum atomic E-state index is 6.30. The topological polar surface area (TPSA) is 39.3 Å². The van der Waals surface area contributed by atoms with Gasteiger partial charge in [-0.2, -0.15) is 0 Å². The second kappa shape index (κ2) is 7.70. The normalized spacial score (nSPS) is 30.9. The quantitative estimate of drug-likeness (QED) is 0.724. The van der Waals surface area contributed by atoms with Crippen LogP contribution in [0.3, 0.4) is 0 Å². The van der Waals surface area contributed by atoms with Crippen LogP contribution in [0.1, 0.15) is 38.8 Å². The van der Waals surface area contributed by atoms with Crippen LogP contribution in [0.15, 0.2) is 42.5 Å². The average Bonchev–Trinajstić information content (AvgIpc) is 2.90. The number of rotatable bonds is 1. The van der Waals surface area contributed by atoms with Gasteiger partial charge in [-0.15, -0.1) is 0 Å². The number of halogens is 1. The first kappa shape index (κ1) is 17.5. The SMILES string of the molecule is CC.CC1NNC2CNC(C3C=CC=CC3)c3cc(Cl)ccc3N12. The van der Waals surface area contributed by atoms with Crippen LogP contribution in [0, 0.1) is 5.92 Å². The van der Waals surface area contributed by atoms with Crippen LogP contribution in [-0.4, -0.2) is 18.9 Å². The fraction of sp³-hybridized carbons (Fsp3) is 0.474. The van der Waals surface area contributed by atoms with E-state index in [2.05, 4.69) is 64.4 Å². The molecule has 0 saturated carbocycles. The van der Waals surface area contributed by atoms with Crippen LogP contribution in [-0.2, 0) is 0 Å². The third kappa shape index (κ3) is 3.24. The molecule has 1 saturated heterocycles. The number of benzene rings is 1. The van der Waals surface area contributed by atoms with Gasteiger partial charge in [0.25, 0.3) is 0 Å². The summed E-state index contributed by atoms with van der Waals surface area (Å²) in [6, 6.07) is 6.54. The molecule has 3 aliphatic rings. The predicted octanol–water partition coefficient (Wildman–Crippen LogP) is 3.73. The number of allylic oxidation sites excluding steroid dienone is 3. The van der Waals surface area contributed by atoms with E-state index < -0.39 is 0 Å². The van der Waals surface area contributed by atoms with Gasteiger partial charge in [0, 0.05) is 29.2 Å². The molecule has 3 N–H and O–H groups in total. The van der Waals surface area contributed by atoms with Gasteiger partial charge in [0.2, 0.25) is 0 Å². The predicted molar refractivity (Wildman–Crippen MR) is 102 cm³/mol. The van der Waals surface area contributed by atoms with Crippen LogP contribution < -0.4 is 21.1 Å². The minimum Gasteiger partial charge on any atom is -0.337 e. The molecule has 4 nitrogen and oxygen atoms in total. The lowest BCUT2D eigenvalue weighted by molar-refractivity contribution is 0.402. The van der Waals surface area contributed by atoms with Crippen molar-refractivity contribution < 1.29 is 0 Å². The highest BCUT2D eigenvalue weighted by Crippen LogP contribution is 2.39. The van der Waals surface area contributed by atoms with E-state index in [4.69, 9.17) is 11.6 Å². The zero-order chi connectivity index (χ0) is 17.1. The van der Waals surface area contributed by atoms with E-state index in [1.165, 1.54) is 11.3 Å². The third-order valence-corrected chi connectivity index (χ3v) is 5.02. The molecule has 1 aliphatic carbocycles. The van der Waals surface area contributed by atoms with E-state index in [1.807, 2.05) is 19.9 Å². The molecule has 2 heterocycles. The molecule has 4 atom stereocenters. The summed E-state index contributed by atoms with van der Waals surface area (Å²) in [5.41, 5.74) is 9.24. The van der Waals surface area contributed by atoms with E-state index in [0.717, 1.165) is 18.0 Å². The lowest BCUT2D eigenvalue weighted by Crippen LogP contribution is -2.44. The van der Waals surface area contributed by atoms with E-state index in [-0.39, 0.29) is 18.4 Å². The Morgan fingerprint density at radius 3 is 2.75 bits per heavy atom. The number of hydrazine groups is 1. The first-order valence-corrected chi connectivity index (χ1v) is 9.27. The highest BCUT2D eigenvalue weighted by molar-refractivity contribution is 6.30. The van der Waals surface area contributed by atoms with Gasteiger partial charge in [0.15, 0.2) is 0 Å². The lowest BCUT2D eigenvalue weighted by Gasteiger charge is -2.29. The van der Waals surface area contributed by atoms with E-state index in [1.54, 1.807) is 0 Å². The van der Waals surface area contributed by atoms with Crippen molar-refractivity contribution >= 4 is 17.3 Å². The van der Waals surface area contributed by atoms with Gasteiger partial charge in [0.1, 0.15) is 6.17 Å². The van der Waals surface area contributed by atoms with Crippen molar-refractivity contribution in [3.05, 3.63) is 53.1 Å². The minimum atomic E-state index is 0.253. The number of hydrogen-bond acceptors (Lipinski definition) is 4. The largest absolute Gasteiger partial charge is 0.337 e. The van der Waals surface area contributed by atoms with E-state index in [9.17, 15) is 0 Å². The van der Waals surface area contributed by atoms with Crippen LogP contribution >= 0.6 is 11.6 Å².